The van der Waals surface area contributed by atoms with E-state index in [0.29, 0.717) is 0 Å². The van der Waals surface area contributed by atoms with Crippen LogP contribution in [-0.4, -0.2) is 34.2 Å². The lowest BCUT2D eigenvalue weighted by Gasteiger charge is -2.24. The molecule has 44 heavy (non-hydrogen) atoms. The zero-order chi connectivity index (χ0) is 31.5. The second kappa shape index (κ2) is 13.9. The topological polar surface area (TPSA) is 70.0 Å². The molecule has 0 atom stereocenters. The molecule has 0 amide bonds. The molecule has 0 unspecified atom stereocenters. The minimum atomic E-state index is 0.000110. The van der Waals surface area contributed by atoms with Gasteiger partial charge in [0.1, 0.15) is 44.3 Å². The molecule has 2 aromatic carbocycles. The molecule has 10 heteroatoms. The standard InChI is InChI=1S/C34H40N4O2S4/c1-33(2,3)25-9-21-15-41-27-13-29(37-19-35-27)43-17-23-11-26(34(4,5)6)12-24(32(23)40-8)18-44-30-14-28(36-20-38-30)42-16-22(10-25)31(21)39-7/h9-14,19-20H,15-18H2,1-8H3. The molecule has 5 rings (SSSR count). The number of benzene rings is 2. The van der Waals surface area contributed by atoms with Crippen LogP contribution in [0.25, 0.3) is 0 Å². The van der Waals surface area contributed by atoms with Crippen LogP contribution >= 0.6 is 47.0 Å². The van der Waals surface area contributed by atoms with E-state index in [1.165, 1.54) is 11.1 Å². The summed E-state index contributed by atoms with van der Waals surface area (Å²) < 4.78 is 12.1. The highest BCUT2D eigenvalue weighted by molar-refractivity contribution is 7.99. The first-order valence-corrected chi connectivity index (χ1v) is 18.4. The molecule has 0 N–H and O–H groups in total. The number of rotatable bonds is 2. The van der Waals surface area contributed by atoms with Gasteiger partial charge in [0, 0.05) is 57.4 Å². The minimum Gasteiger partial charge on any atom is -0.496 e. The summed E-state index contributed by atoms with van der Waals surface area (Å²) in [6.07, 6.45) is 3.33. The normalized spacial score (nSPS) is 14.5. The number of fused-ring (bicyclic) bond motifs is 8. The zero-order valence-corrected chi connectivity index (χ0v) is 30.0. The van der Waals surface area contributed by atoms with E-state index in [0.717, 1.165) is 76.9 Å². The van der Waals surface area contributed by atoms with Gasteiger partial charge in [0.15, 0.2) is 0 Å². The van der Waals surface area contributed by atoms with Crippen molar-refractivity contribution in [1.82, 2.24) is 19.9 Å². The summed E-state index contributed by atoms with van der Waals surface area (Å²) in [6, 6.07) is 13.3. The molecule has 0 saturated carbocycles. The van der Waals surface area contributed by atoms with Crippen LogP contribution in [0.3, 0.4) is 0 Å². The Morgan fingerprint density at radius 2 is 0.750 bits per heavy atom. The van der Waals surface area contributed by atoms with Gasteiger partial charge in [-0.2, -0.15) is 0 Å². The molecule has 0 fully saturated rings. The van der Waals surface area contributed by atoms with Gasteiger partial charge in [0.05, 0.1) is 14.2 Å². The van der Waals surface area contributed by atoms with Gasteiger partial charge in [-0.3, -0.25) is 0 Å². The number of hydrogen-bond donors (Lipinski definition) is 0. The molecule has 232 valence electrons. The maximum Gasteiger partial charge on any atom is 0.126 e. The lowest BCUT2D eigenvalue weighted by Crippen LogP contribution is -2.13. The Morgan fingerprint density at radius 1 is 0.477 bits per heavy atom. The molecule has 0 radical (unpaired) electrons. The van der Waals surface area contributed by atoms with E-state index in [2.05, 4.69) is 97.9 Å². The molecule has 1 aliphatic heterocycles. The van der Waals surface area contributed by atoms with E-state index < -0.39 is 0 Å². The summed E-state index contributed by atoms with van der Waals surface area (Å²) in [4.78, 5) is 18.4. The molecule has 6 nitrogen and oxygen atoms in total. The van der Waals surface area contributed by atoms with Gasteiger partial charge in [0.2, 0.25) is 0 Å². The summed E-state index contributed by atoms with van der Waals surface area (Å²) in [5.74, 6) is 4.83. The third-order valence-corrected chi connectivity index (χ3v) is 11.3. The van der Waals surface area contributed by atoms with Gasteiger partial charge in [-0.25, -0.2) is 19.9 Å². The van der Waals surface area contributed by atoms with Crippen LogP contribution in [0.15, 0.2) is 69.2 Å². The van der Waals surface area contributed by atoms with Crippen molar-refractivity contribution in [1.29, 1.82) is 0 Å². The third-order valence-electron chi connectivity index (χ3n) is 7.36. The van der Waals surface area contributed by atoms with Crippen LogP contribution in [0, 0.1) is 0 Å². The van der Waals surface area contributed by atoms with Crippen molar-refractivity contribution < 1.29 is 9.47 Å². The number of ether oxygens (including phenoxy) is 2. The molecule has 8 bridgehead atoms. The molecule has 1 aliphatic rings. The van der Waals surface area contributed by atoms with Gasteiger partial charge in [-0.05, 0) is 22.0 Å². The smallest absolute Gasteiger partial charge is 0.126 e. The number of nitrogens with zero attached hydrogens (tertiary/aromatic N) is 4. The van der Waals surface area contributed by atoms with Gasteiger partial charge in [-0.15, -0.1) is 47.0 Å². The summed E-state index contributed by atoms with van der Waals surface area (Å²) >= 11 is 6.84. The summed E-state index contributed by atoms with van der Waals surface area (Å²) in [5, 5.41) is 3.77. The average molecular weight is 665 g/mol. The van der Waals surface area contributed by atoms with E-state index >= 15 is 0 Å². The summed E-state index contributed by atoms with van der Waals surface area (Å²) in [7, 11) is 3.53. The van der Waals surface area contributed by atoms with E-state index in [-0.39, 0.29) is 10.8 Å². The van der Waals surface area contributed by atoms with E-state index in [9.17, 15) is 0 Å². The molecular weight excluding hydrogens is 625 g/mol. The lowest BCUT2D eigenvalue weighted by atomic mass is 9.85. The Balaban J connectivity index is 1.58. The molecule has 0 aliphatic carbocycles. The summed E-state index contributed by atoms with van der Waals surface area (Å²) in [5.41, 5.74) is 7.23. The highest BCUT2D eigenvalue weighted by atomic mass is 32.2. The van der Waals surface area contributed by atoms with E-state index in [1.807, 2.05) is 0 Å². The van der Waals surface area contributed by atoms with Gasteiger partial charge in [0.25, 0.3) is 0 Å². The fraction of sp³-hybridized carbons (Fsp3) is 0.412. The molecule has 0 spiro atoms. The van der Waals surface area contributed by atoms with Crippen LogP contribution in [0.1, 0.15) is 74.9 Å². The number of methoxy groups -OCH3 is 2. The van der Waals surface area contributed by atoms with Crippen LogP contribution in [0.2, 0.25) is 0 Å². The second-order valence-electron chi connectivity index (χ2n) is 12.7. The van der Waals surface area contributed by atoms with Crippen molar-refractivity contribution in [2.75, 3.05) is 14.2 Å². The quantitative estimate of drug-likeness (QED) is 0.194. The first-order valence-electron chi connectivity index (χ1n) is 14.5. The second-order valence-corrected chi connectivity index (χ2v) is 16.7. The Morgan fingerprint density at radius 3 is 0.977 bits per heavy atom. The number of aromatic nitrogens is 4. The maximum atomic E-state index is 6.03. The Bertz CT molecular complexity index is 1420. The van der Waals surface area contributed by atoms with Crippen molar-refractivity contribution in [3.05, 3.63) is 82.4 Å². The molecule has 2 aromatic heterocycles. The molecule has 3 heterocycles. The predicted octanol–water partition coefficient (Wildman–Crippen LogP) is 9.36. The fourth-order valence-corrected chi connectivity index (χ4v) is 8.38. The Hall–Kier alpha value is -2.40. The fourth-order valence-electron chi connectivity index (χ4n) is 4.90. The van der Waals surface area contributed by atoms with Crippen LogP contribution in [-0.2, 0) is 33.8 Å². The monoisotopic (exact) mass is 664 g/mol. The molecular formula is C34H40N4O2S4. The number of hydrogen-bond acceptors (Lipinski definition) is 10. The van der Waals surface area contributed by atoms with Gasteiger partial charge >= 0.3 is 0 Å². The first-order chi connectivity index (χ1) is 20.9. The Kier molecular flexibility index (Phi) is 10.4. The number of thioether (sulfide) groups is 4. The highest BCUT2D eigenvalue weighted by Crippen LogP contribution is 2.40. The predicted molar refractivity (Wildman–Crippen MR) is 186 cm³/mol. The van der Waals surface area contributed by atoms with Crippen molar-refractivity contribution in [3.63, 3.8) is 0 Å². The first kappa shape index (κ1) is 33.0. The van der Waals surface area contributed by atoms with Gasteiger partial charge < -0.3 is 9.47 Å². The van der Waals surface area contributed by atoms with E-state index in [4.69, 9.17) is 9.47 Å². The third kappa shape index (κ3) is 8.05. The highest BCUT2D eigenvalue weighted by Gasteiger charge is 2.22. The van der Waals surface area contributed by atoms with Crippen molar-refractivity contribution in [2.45, 2.75) is 95.5 Å². The van der Waals surface area contributed by atoms with Crippen molar-refractivity contribution >= 4 is 47.0 Å². The zero-order valence-electron chi connectivity index (χ0n) is 26.7. The molecule has 4 aromatic rings. The van der Waals surface area contributed by atoms with Crippen LogP contribution in [0.5, 0.6) is 11.5 Å². The SMILES string of the molecule is COc1c2cc(C(C)(C)C)cc1CSc1cc(ncn1)SCc1cc(C(C)(C)C)cc(c1OC)CSc1cc(ncn1)SC2. The van der Waals surface area contributed by atoms with Crippen LogP contribution in [0.4, 0.5) is 0 Å². The average Bonchev–Trinajstić information content (AvgIpc) is 2.99. The van der Waals surface area contributed by atoms with Gasteiger partial charge in [-0.1, -0.05) is 65.8 Å². The lowest BCUT2D eigenvalue weighted by molar-refractivity contribution is 0.407. The minimum absolute atomic E-state index is 0.000110. The van der Waals surface area contributed by atoms with Crippen LogP contribution < -0.4 is 9.47 Å². The maximum absolute atomic E-state index is 6.03. The Labute approximate surface area is 278 Å². The van der Waals surface area contributed by atoms with Crippen molar-refractivity contribution in [2.24, 2.45) is 0 Å². The summed E-state index contributed by atoms with van der Waals surface area (Å²) in [6.45, 7) is 13.5. The van der Waals surface area contributed by atoms with Crippen molar-refractivity contribution in [3.8, 4) is 11.5 Å². The van der Waals surface area contributed by atoms with E-state index in [1.54, 1.807) is 73.9 Å². The largest absolute Gasteiger partial charge is 0.496 e. The molecule has 0 saturated heterocycles.